The summed E-state index contributed by atoms with van der Waals surface area (Å²) in [5, 5.41) is 4.16. The van der Waals surface area contributed by atoms with E-state index >= 15 is 0 Å². The molecule has 1 aromatic rings. The van der Waals surface area contributed by atoms with Crippen LogP contribution in [-0.2, 0) is 6.42 Å². The summed E-state index contributed by atoms with van der Waals surface area (Å²) in [6.07, 6.45) is 3.33. The number of rotatable bonds is 7. The van der Waals surface area contributed by atoms with Crippen molar-refractivity contribution in [1.29, 1.82) is 0 Å². The second-order valence-corrected chi connectivity index (χ2v) is 5.33. The van der Waals surface area contributed by atoms with E-state index in [2.05, 4.69) is 19.2 Å². The summed E-state index contributed by atoms with van der Waals surface area (Å²) in [6, 6.07) is 6.27. The maximum absolute atomic E-state index is 6.06. The van der Waals surface area contributed by atoms with Gasteiger partial charge in [0.25, 0.3) is 0 Å². The van der Waals surface area contributed by atoms with Gasteiger partial charge in [-0.25, -0.2) is 0 Å². The molecule has 0 saturated heterocycles. The molecule has 0 aromatic heterocycles. The fourth-order valence-electron chi connectivity index (χ4n) is 2.13. The molecule has 0 aliphatic rings. The van der Waals surface area contributed by atoms with Crippen molar-refractivity contribution in [1.82, 2.24) is 5.32 Å². The van der Waals surface area contributed by atoms with Crippen LogP contribution < -0.4 is 10.1 Å². The Morgan fingerprint density at radius 1 is 1.39 bits per heavy atom. The van der Waals surface area contributed by atoms with Crippen molar-refractivity contribution in [2.75, 3.05) is 14.2 Å². The average molecular weight is 270 g/mol. The fourth-order valence-corrected chi connectivity index (χ4v) is 2.32. The topological polar surface area (TPSA) is 21.3 Å². The maximum Gasteiger partial charge on any atom is 0.122 e. The minimum Gasteiger partial charge on any atom is -0.496 e. The summed E-state index contributed by atoms with van der Waals surface area (Å²) in [6.45, 7) is 4.52. The molecular formula is C15H24ClNO. The van der Waals surface area contributed by atoms with Crippen LogP contribution >= 0.6 is 11.6 Å². The number of halogens is 1. The smallest absolute Gasteiger partial charge is 0.122 e. The first-order valence-electron chi connectivity index (χ1n) is 6.60. The zero-order valence-electron chi connectivity index (χ0n) is 11.8. The predicted octanol–water partition coefficient (Wildman–Crippen LogP) is 3.92. The van der Waals surface area contributed by atoms with E-state index in [0.29, 0.717) is 6.04 Å². The van der Waals surface area contributed by atoms with Gasteiger partial charge < -0.3 is 10.1 Å². The third-order valence-electron chi connectivity index (χ3n) is 3.50. The zero-order chi connectivity index (χ0) is 13.5. The Balaban J connectivity index is 2.77. The molecule has 3 heteroatoms. The maximum atomic E-state index is 6.06. The van der Waals surface area contributed by atoms with E-state index in [1.54, 1.807) is 7.11 Å². The summed E-state index contributed by atoms with van der Waals surface area (Å²) in [7, 11) is 3.72. The lowest BCUT2D eigenvalue weighted by Crippen LogP contribution is -2.29. The van der Waals surface area contributed by atoms with Gasteiger partial charge in [-0.05, 0) is 49.6 Å². The van der Waals surface area contributed by atoms with Gasteiger partial charge in [-0.3, -0.25) is 0 Å². The molecule has 2 atom stereocenters. The first-order chi connectivity index (χ1) is 8.60. The van der Waals surface area contributed by atoms with Crippen molar-refractivity contribution in [3.05, 3.63) is 28.8 Å². The van der Waals surface area contributed by atoms with Gasteiger partial charge in [0.05, 0.1) is 7.11 Å². The van der Waals surface area contributed by atoms with Gasteiger partial charge in [0.2, 0.25) is 0 Å². The highest BCUT2D eigenvalue weighted by molar-refractivity contribution is 6.30. The SMILES string of the molecule is CCC(C)CC(Cc1cc(Cl)ccc1OC)NC. The molecule has 0 radical (unpaired) electrons. The van der Waals surface area contributed by atoms with Gasteiger partial charge >= 0.3 is 0 Å². The van der Waals surface area contributed by atoms with Gasteiger partial charge in [-0.2, -0.15) is 0 Å². The number of ether oxygens (including phenoxy) is 1. The first-order valence-corrected chi connectivity index (χ1v) is 6.98. The van der Waals surface area contributed by atoms with Gasteiger partial charge in [-0.15, -0.1) is 0 Å². The second-order valence-electron chi connectivity index (χ2n) is 4.90. The lowest BCUT2D eigenvalue weighted by molar-refractivity contribution is 0.389. The van der Waals surface area contributed by atoms with Crippen molar-refractivity contribution in [2.24, 2.45) is 5.92 Å². The summed E-state index contributed by atoms with van der Waals surface area (Å²) in [5.41, 5.74) is 1.17. The quantitative estimate of drug-likeness (QED) is 0.810. The molecule has 2 unspecified atom stereocenters. The monoisotopic (exact) mass is 269 g/mol. The van der Waals surface area contributed by atoms with Crippen molar-refractivity contribution < 1.29 is 4.74 Å². The second kappa shape index (κ2) is 7.65. The minimum atomic E-state index is 0.465. The number of benzene rings is 1. The van der Waals surface area contributed by atoms with Crippen molar-refractivity contribution in [3.8, 4) is 5.75 Å². The Morgan fingerprint density at radius 2 is 2.11 bits per heavy atom. The molecule has 1 aromatic carbocycles. The standard InChI is InChI=1S/C15H24ClNO/c1-5-11(2)8-14(17-3)10-12-9-13(16)6-7-15(12)18-4/h6-7,9,11,14,17H,5,8,10H2,1-4H3. The highest BCUT2D eigenvalue weighted by Gasteiger charge is 2.14. The van der Waals surface area contributed by atoms with E-state index in [4.69, 9.17) is 16.3 Å². The molecule has 0 amide bonds. The molecular weight excluding hydrogens is 246 g/mol. The molecule has 0 aliphatic heterocycles. The zero-order valence-corrected chi connectivity index (χ0v) is 12.6. The summed E-state index contributed by atoms with van der Waals surface area (Å²) in [5.74, 6) is 1.65. The van der Waals surface area contributed by atoms with Gasteiger partial charge in [0.15, 0.2) is 0 Å². The molecule has 0 fully saturated rings. The Kier molecular flexibility index (Phi) is 6.51. The third-order valence-corrected chi connectivity index (χ3v) is 3.74. The van der Waals surface area contributed by atoms with Gasteiger partial charge in [0.1, 0.15) is 5.75 Å². The lowest BCUT2D eigenvalue weighted by atomic mass is 9.94. The number of hydrogen-bond acceptors (Lipinski definition) is 2. The Bertz CT molecular complexity index is 368. The highest BCUT2D eigenvalue weighted by atomic mass is 35.5. The Labute approximate surface area is 116 Å². The summed E-state index contributed by atoms with van der Waals surface area (Å²) >= 11 is 6.06. The van der Waals surface area contributed by atoms with Crippen LogP contribution in [0.3, 0.4) is 0 Å². The van der Waals surface area contributed by atoms with Crippen LogP contribution in [0.2, 0.25) is 5.02 Å². The molecule has 0 aliphatic carbocycles. The molecule has 0 bridgehead atoms. The van der Waals surface area contributed by atoms with E-state index in [-0.39, 0.29) is 0 Å². The highest BCUT2D eigenvalue weighted by Crippen LogP contribution is 2.25. The number of likely N-dealkylation sites (N-methyl/N-ethyl adjacent to an activating group) is 1. The fraction of sp³-hybridized carbons (Fsp3) is 0.600. The third kappa shape index (κ3) is 4.51. The van der Waals surface area contributed by atoms with Crippen LogP contribution in [0.4, 0.5) is 0 Å². The average Bonchev–Trinajstić information content (AvgIpc) is 2.38. The van der Waals surface area contributed by atoms with E-state index in [0.717, 1.165) is 23.1 Å². The van der Waals surface area contributed by atoms with Crippen LogP contribution in [0, 0.1) is 5.92 Å². The van der Waals surface area contributed by atoms with Gasteiger partial charge in [-0.1, -0.05) is 31.9 Å². The van der Waals surface area contributed by atoms with E-state index in [1.807, 2.05) is 25.2 Å². The molecule has 1 rings (SSSR count). The minimum absolute atomic E-state index is 0.465. The predicted molar refractivity (Wildman–Crippen MR) is 78.6 cm³/mol. The van der Waals surface area contributed by atoms with Crippen LogP contribution in [-0.4, -0.2) is 20.2 Å². The molecule has 2 nitrogen and oxygen atoms in total. The normalized spacial score (nSPS) is 14.3. The van der Waals surface area contributed by atoms with E-state index in [9.17, 15) is 0 Å². The van der Waals surface area contributed by atoms with E-state index < -0.39 is 0 Å². The van der Waals surface area contributed by atoms with Crippen molar-refractivity contribution in [3.63, 3.8) is 0 Å². The summed E-state index contributed by atoms with van der Waals surface area (Å²) < 4.78 is 5.39. The Morgan fingerprint density at radius 3 is 2.67 bits per heavy atom. The summed E-state index contributed by atoms with van der Waals surface area (Å²) in [4.78, 5) is 0. The molecule has 0 saturated carbocycles. The van der Waals surface area contributed by atoms with Crippen LogP contribution in [0.25, 0.3) is 0 Å². The largest absolute Gasteiger partial charge is 0.496 e. The number of nitrogens with one attached hydrogen (secondary N) is 1. The molecule has 0 heterocycles. The molecule has 102 valence electrons. The Hall–Kier alpha value is -0.730. The van der Waals surface area contributed by atoms with E-state index in [1.165, 1.54) is 18.4 Å². The number of hydrogen-bond donors (Lipinski definition) is 1. The van der Waals surface area contributed by atoms with Crippen LogP contribution in [0.15, 0.2) is 18.2 Å². The molecule has 18 heavy (non-hydrogen) atoms. The van der Waals surface area contributed by atoms with Crippen LogP contribution in [0.5, 0.6) is 5.75 Å². The van der Waals surface area contributed by atoms with Gasteiger partial charge in [0, 0.05) is 11.1 Å². The van der Waals surface area contributed by atoms with Crippen LogP contribution in [0.1, 0.15) is 32.3 Å². The van der Waals surface area contributed by atoms with Crippen molar-refractivity contribution >= 4 is 11.6 Å². The number of methoxy groups -OCH3 is 1. The molecule has 1 N–H and O–H groups in total. The lowest BCUT2D eigenvalue weighted by Gasteiger charge is -2.21. The van der Waals surface area contributed by atoms with Crippen molar-refractivity contribution in [2.45, 2.75) is 39.2 Å². The first kappa shape index (κ1) is 15.3. The molecule has 0 spiro atoms.